The first kappa shape index (κ1) is 24.5. The summed E-state index contributed by atoms with van der Waals surface area (Å²) in [5, 5.41) is 18.8. The van der Waals surface area contributed by atoms with E-state index in [-0.39, 0.29) is 5.71 Å². The number of methoxy groups -OCH3 is 1. The van der Waals surface area contributed by atoms with Crippen LogP contribution in [0.3, 0.4) is 0 Å². The van der Waals surface area contributed by atoms with Crippen molar-refractivity contribution in [2.24, 2.45) is 4.99 Å². The van der Waals surface area contributed by atoms with Crippen LogP contribution in [-0.4, -0.2) is 63.3 Å². The van der Waals surface area contributed by atoms with E-state index in [9.17, 15) is 4.79 Å². The molecule has 35 heavy (non-hydrogen) atoms. The van der Waals surface area contributed by atoms with E-state index in [0.717, 1.165) is 30.8 Å². The van der Waals surface area contributed by atoms with Gasteiger partial charge < -0.3 is 10.1 Å². The summed E-state index contributed by atoms with van der Waals surface area (Å²) in [4.78, 5) is 27.0. The second-order valence-electron chi connectivity index (χ2n) is 8.31. The average molecular weight is 495 g/mol. The number of anilines is 1. The van der Waals surface area contributed by atoms with E-state index in [1.807, 2.05) is 25.1 Å². The van der Waals surface area contributed by atoms with Gasteiger partial charge in [-0.15, -0.1) is 0 Å². The van der Waals surface area contributed by atoms with Crippen molar-refractivity contribution >= 4 is 41.1 Å². The molecular formula is C24H27ClN8O2. The number of ether oxygens (including phenoxy) is 1. The predicted octanol–water partition coefficient (Wildman–Crippen LogP) is 4.49. The first-order valence-electron chi connectivity index (χ1n) is 11.2. The van der Waals surface area contributed by atoms with Crippen molar-refractivity contribution in [2.45, 2.75) is 32.2 Å². The van der Waals surface area contributed by atoms with Crippen LogP contribution in [0.2, 0.25) is 5.02 Å². The highest BCUT2D eigenvalue weighted by Gasteiger charge is 2.23. The van der Waals surface area contributed by atoms with Crippen molar-refractivity contribution in [2.75, 3.05) is 25.5 Å². The maximum atomic E-state index is 11.5. The van der Waals surface area contributed by atoms with E-state index in [4.69, 9.17) is 17.0 Å². The summed E-state index contributed by atoms with van der Waals surface area (Å²) in [6.07, 6.45) is 6.42. The van der Waals surface area contributed by atoms with Crippen LogP contribution in [0.15, 0.2) is 41.8 Å². The summed E-state index contributed by atoms with van der Waals surface area (Å²) in [6.45, 7) is 4.85. The number of amides is 1. The molecule has 1 aliphatic heterocycles. The van der Waals surface area contributed by atoms with Gasteiger partial charge in [-0.05, 0) is 56.1 Å². The number of nitrogens with zero attached hydrogens (tertiary/aromatic N) is 5. The number of pyridine rings is 1. The smallest absolute Gasteiger partial charge is 0.412 e. The Bertz CT molecular complexity index is 1220. The molecule has 1 aromatic carbocycles. The predicted molar refractivity (Wildman–Crippen MR) is 135 cm³/mol. The summed E-state index contributed by atoms with van der Waals surface area (Å²) in [6, 6.07) is 7.44. The van der Waals surface area contributed by atoms with Gasteiger partial charge in [-0.3, -0.25) is 20.3 Å². The number of nitrogens with one attached hydrogen (secondary N) is 3. The number of likely N-dealkylation sites (tertiary alicyclic amines) is 1. The molecule has 1 atom stereocenters. The van der Waals surface area contributed by atoms with E-state index < -0.39 is 12.0 Å². The fourth-order valence-electron chi connectivity index (χ4n) is 3.92. The van der Waals surface area contributed by atoms with Crippen LogP contribution in [0.4, 0.5) is 16.3 Å². The second-order valence-corrected chi connectivity index (χ2v) is 8.72. The maximum Gasteiger partial charge on any atom is 0.412 e. The number of H-pyrrole nitrogens is 1. The molecule has 0 radical (unpaired) electrons. The van der Waals surface area contributed by atoms with Gasteiger partial charge in [-0.1, -0.05) is 17.7 Å². The molecular weight excluding hydrogens is 468 g/mol. The van der Waals surface area contributed by atoms with E-state index in [0.29, 0.717) is 27.9 Å². The summed E-state index contributed by atoms with van der Waals surface area (Å²) in [5.41, 5.74) is 3.35. The molecule has 1 fully saturated rings. The number of carbonyl (C=O) groups is 1. The lowest BCUT2D eigenvalue weighted by atomic mass is 9.95. The number of rotatable bonds is 8. The van der Waals surface area contributed by atoms with Crippen LogP contribution >= 0.6 is 11.6 Å². The van der Waals surface area contributed by atoms with Gasteiger partial charge in [0.05, 0.1) is 24.4 Å². The minimum Gasteiger partial charge on any atom is -0.453 e. The number of hydrogen-bond donors (Lipinski definition) is 3. The van der Waals surface area contributed by atoms with Crippen molar-refractivity contribution in [1.29, 1.82) is 5.41 Å². The number of halogens is 1. The summed E-state index contributed by atoms with van der Waals surface area (Å²) < 4.78 is 4.62. The van der Waals surface area contributed by atoms with Crippen molar-refractivity contribution in [3.8, 4) is 0 Å². The van der Waals surface area contributed by atoms with Gasteiger partial charge >= 0.3 is 6.09 Å². The molecule has 1 unspecified atom stereocenters. The molecule has 182 valence electrons. The topological polar surface area (TPSA) is 132 Å². The monoisotopic (exact) mass is 494 g/mol. The molecule has 10 nitrogen and oxygen atoms in total. The normalized spacial score (nSPS) is 14.8. The van der Waals surface area contributed by atoms with Crippen LogP contribution in [0.5, 0.6) is 0 Å². The summed E-state index contributed by atoms with van der Waals surface area (Å²) in [5.74, 6) is 0.152. The van der Waals surface area contributed by atoms with Gasteiger partial charge in [-0.25, -0.2) is 14.8 Å². The Hall–Kier alpha value is -3.63. The van der Waals surface area contributed by atoms with Crippen LogP contribution in [0.25, 0.3) is 0 Å². The molecule has 0 saturated carbocycles. The van der Waals surface area contributed by atoms with Crippen LogP contribution in [0.1, 0.15) is 41.3 Å². The van der Waals surface area contributed by atoms with Gasteiger partial charge in [-0.2, -0.15) is 5.10 Å². The molecule has 1 aliphatic rings. The molecule has 3 N–H and O–H groups in total. The number of aromatic nitrogens is 4. The van der Waals surface area contributed by atoms with Gasteiger partial charge in [0.25, 0.3) is 0 Å². The van der Waals surface area contributed by atoms with Gasteiger partial charge in [0.2, 0.25) is 0 Å². The van der Waals surface area contributed by atoms with E-state index in [1.165, 1.54) is 26.3 Å². The lowest BCUT2D eigenvalue weighted by Crippen LogP contribution is -2.20. The Balaban J connectivity index is 1.62. The van der Waals surface area contributed by atoms with Crippen molar-refractivity contribution in [3.63, 3.8) is 0 Å². The molecule has 3 heterocycles. The Morgan fingerprint density at radius 3 is 2.86 bits per heavy atom. The zero-order chi connectivity index (χ0) is 24.8. The number of benzene rings is 1. The molecule has 4 rings (SSSR count). The number of aliphatic imine (C=N–C) groups is 1. The fraction of sp³-hybridized carbons (Fsp3) is 0.333. The Morgan fingerprint density at radius 2 is 2.14 bits per heavy atom. The number of hydrogen-bond acceptors (Lipinski definition) is 8. The second kappa shape index (κ2) is 11.2. The average Bonchev–Trinajstić information content (AvgIpc) is 3.57. The van der Waals surface area contributed by atoms with E-state index in [1.54, 1.807) is 18.5 Å². The highest BCUT2D eigenvalue weighted by molar-refractivity contribution is 6.35. The Morgan fingerprint density at radius 1 is 1.34 bits per heavy atom. The number of carbonyl (C=O) groups excluding carboxylic acids is 1. The highest BCUT2D eigenvalue weighted by atomic mass is 35.5. The van der Waals surface area contributed by atoms with Gasteiger partial charge in [0.1, 0.15) is 18.0 Å². The lowest BCUT2D eigenvalue weighted by molar-refractivity contribution is 0.187. The van der Waals surface area contributed by atoms with Crippen LogP contribution < -0.4 is 5.32 Å². The fourth-order valence-corrected chi connectivity index (χ4v) is 4.14. The minimum atomic E-state index is -0.624. The van der Waals surface area contributed by atoms with Crippen LogP contribution in [-0.2, 0) is 11.3 Å². The largest absolute Gasteiger partial charge is 0.453 e. The first-order chi connectivity index (χ1) is 16.9. The number of aromatic amines is 1. The molecule has 1 saturated heterocycles. The highest BCUT2D eigenvalue weighted by Crippen LogP contribution is 2.27. The third-order valence-electron chi connectivity index (χ3n) is 5.82. The molecule has 3 aromatic rings. The van der Waals surface area contributed by atoms with E-state index in [2.05, 4.69) is 40.1 Å². The zero-order valence-electron chi connectivity index (χ0n) is 19.6. The van der Waals surface area contributed by atoms with Gasteiger partial charge in [0.15, 0.2) is 0 Å². The zero-order valence-corrected chi connectivity index (χ0v) is 20.3. The summed E-state index contributed by atoms with van der Waals surface area (Å²) >= 11 is 6.53. The third kappa shape index (κ3) is 6.09. The quantitative estimate of drug-likeness (QED) is 0.395. The molecule has 0 bridgehead atoms. The van der Waals surface area contributed by atoms with Crippen molar-refractivity contribution < 1.29 is 9.53 Å². The Kier molecular flexibility index (Phi) is 7.84. The number of aryl methyl sites for hydroxylation is 1. The van der Waals surface area contributed by atoms with Crippen molar-refractivity contribution in [3.05, 3.63) is 64.3 Å². The van der Waals surface area contributed by atoms with E-state index >= 15 is 0 Å². The SMILES string of the molecule is COC(=O)Nc1cc(N=CC(C(=N)c2cc(CN3CCCC3)ccc2Cl)c2ncn[nH]2)c(C)cn1. The third-order valence-corrected chi connectivity index (χ3v) is 6.15. The Labute approximate surface area is 208 Å². The molecule has 2 aromatic heterocycles. The molecule has 0 aliphatic carbocycles. The van der Waals surface area contributed by atoms with Gasteiger partial charge in [0, 0.05) is 35.6 Å². The minimum absolute atomic E-state index is 0.249. The summed E-state index contributed by atoms with van der Waals surface area (Å²) in [7, 11) is 1.28. The lowest BCUT2D eigenvalue weighted by Gasteiger charge is -2.17. The van der Waals surface area contributed by atoms with Crippen molar-refractivity contribution in [1.82, 2.24) is 25.1 Å². The molecule has 1 amide bonds. The van der Waals surface area contributed by atoms with Crippen LogP contribution in [0, 0.1) is 12.3 Å². The molecule has 11 heteroatoms. The standard InChI is InChI=1S/C24H27ClN8O2/c1-15-11-28-21(31-24(34)35-2)10-20(15)27-12-18(23-29-14-30-32-23)22(26)17-9-16(5-6-19(17)25)13-33-7-3-4-8-33/h5-6,9-12,14,18,26H,3-4,7-8,13H2,1-2H3,(H,28,31,34)(H,29,30,32). The first-order valence-corrected chi connectivity index (χ1v) is 11.6. The molecule has 0 spiro atoms. The maximum absolute atomic E-state index is 11.5.